The summed E-state index contributed by atoms with van der Waals surface area (Å²) >= 11 is 0. The van der Waals surface area contributed by atoms with E-state index in [0.717, 1.165) is 33.2 Å². The van der Waals surface area contributed by atoms with Gasteiger partial charge in [-0.2, -0.15) is 0 Å². The molecule has 0 aliphatic heterocycles. The molecule has 194 valence electrons. The number of quaternary nitrogens is 2. The lowest BCUT2D eigenvalue weighted by Gasteiger charge is -2.31. The first kappa shape index (κ1) is 27.8. The summed E-state index contributed by atoms with van der Waals surface area (Å²) in [7, 11) is 12.8. The molecule has 3 aromatic carbocycles. The molecule has 3 rings (SSSR count). The maximum atomic E-state index is 10.4. The van der Waals surface area contributed by atoms with Crippen LogP contribution in [0.1, 0.15) is 61.1 Å². The molecule has 3 aromatic rings. The number of benzene rings is 3. The van der Waals surface area contributed by atoms with E-state index < -0.39 is 0 Å². The van der Waals surface area contributed by atoms with Crippen LogP contribution in [0.15, 0.2) is 60.7 Å². The zero-order valence-corrected chi connectivity index (χ0v) is 24.0. The van der Waals surface area contributed by atoms with Crippen LogP contribution in [0.3, 0.4) is 0 Å². The van der Waals surface area contributed by atoms with Crippen LogP contribution in [-0.4, -0.2) is 61.5 Å². The van der Waals surface area contributed by atoms with Crippen LogP contribution in [0.25, 0.3) is 0 Å². The topological polar surface area (TPSA) is 40.5 Å². The fourth-order valence-electron chi connectivity index (χ4n) is 4.86. The Labute approximate surface area is 218 Å². The molecule has 0 saturated carbocycles. The van der Waals surface area contributed by atoms with Crippen molar-refractivity contribution in [2.75, 3.05) is 42.3 Å². The largest absolute Gasteiger partial charge is 0.507 e. The predicted molar refractivity (Wildman–Crippen MR) is 150 cm³/mol. The van der Waals surface area contributed by atoms with Gasteiger partial charge in [0.25, 0.3) is 0 Å². The van der Waals surface area contributed by atoms with Gasteiger partial charge in [-0.3, -0.25) is 0 Å². The number of hydrogen-bond donors (Lipinski definition) is 2. The summed E-state index contributed by atoms with van der Waals surface area (Å²) < 4.78 is 1.52. The minimum Gasteiger partial charge on any atom is -0.507 e. The molecule has 2 N–H and O–H groups in total. The van der Waals surface area contributed by atoms with Crippen LogP contribution in [0.4, 0.5) is 0 Å². The second-order valence-electron chi connectivity index (χ2n) is 13.4. The van der Waals surface area contributed by atoms with Gasteiger partial charge >= 0.3 is 0 Å². The molecule has 0 aliphatic rings. The lowest BCUT2D eigenvalue weighted by molar-refractivity contribution is -0.884. The first-order valence-corrected chi connectivity index (χ1v) is 12.8. The Morgan fingerprint density at radius 3 is 1.06 bits per heavy atom. The van der Waals surface area contributed by atoms with Crippen LogP contribution >= 0.6 is 0 Å². The average Bonchev–Trinajstić information content (AvgIpc) is 2.75. The summed E-state index contributed by atoms with van der Waals surface area (Å²) in [5, 5.41) is 20.9. The van der Waals surface area contributed by atoms with Crippen molar-refractivity contribution in [3.63, 3.8) is 0 Å². The molecule has 0 heterocycles. The van der Waals surface area contributed by atoms with E-state index in [2.05, 4.69) is 106 Å². The van der Waals surface area contributed by atoms with Crippen molar-refractivity contribution in [3.05, 3.63) is 94.0 Å². The number of aromatic hydroxyl groups is 2. The zero-order chi connectivity index (χ0) is 27.1. The van der Waals surface area contributed by atoms with Crippen molar-refractivity contribution in [2.24, 2.45) is 0 Å². The van der Waals surface area contributed by atoms with Gasteiger partial charge in [-0.05, 0) is 46.5 Å². The Kier molecular flexibility index (Phi) is 7.38. The van der Waals surface area contributed by atoms with Gasteiger partial charge in [-0.25, -0.2) is 0 Å². The highest BCUT2D eigenvalue weighted by Gasteiger charge is 2.28. The minimum atomic E-state index is -0.202. The first-order chi connectivity index (χ1) is 16.4. The summed E-state index contributed by atoms with van der Waals surface area (Å²) in [6.07, 6.45) is 0. The quantitative estimate of drug-likeness (QED) is 0.371. The molecule has 0 spiro atoms. The van der Waals surface area contributed by atoms with Crippen molar-refractivity contribution in [2.45, 2.75) is 51.6 Å². The van der Waals surface area contributed by atoms with E-state index in [1.54, 1.807) is 0 Å². The summed E-state index contributed by atoms with van der Waals surface area (Å²) in [4.78, 5) is 0. The third kappa shape index (κ3) is 6.29. The third-order valence-electron chi connectivity index (χ3n) is 7.22. The van der Waals surface area contributed by atoms with Gasteiger partial charge in [0.1, 0.15) is 24.6 Å². The van der Waals surface area contributed by atoms with Gasteiger partial charge in [0.2, 0.25) is 0 Å². The Morgan fingerprint density at radius 1 is 0.500 bits per heavy atom. The Hall–Kier alpha value is -2.82. The monoisotopic (exact) mass is 490 g/mol. The summed E-state index contributed by atoms with van der Waals surface area (Å²) in [6, 6.07) is 21.0. The number of hydrogen-bond acceptors (Lipinski definition) is 2. The molecule has 0 bridgehead atoms. The van der Waals surface area contributed by atoms with Crippen molar-refractivity contribution >= 4 is 0 Å². The van der Waals surface area contributed by atoms with Crippen molar-refractivity contribution in [1.82, 2.24) is 0 Å². The predicted octanol–water partition coefficient (Wildman–Crippen LogP) is 6.16. The molecule has 0 fully saturated rings. The molecular weight excluding hydrogens is 444 g/mol. The highest BCUT2D eigenvalue weighted by atomic mass is 16.3. The molecule has 0 aromatic heterocycles. The molecule has 4 nitrogen and oxygen atoms in total. The second kappa shape index (κ2) is 9.57. The first-order valence-electron chi connectivity index (χ1n) is 12.8. The fraction of sp³-hybridized carbons (Fsp3) is 0.438. The Morgan fingerprint density at radius 2 is 0.778 bits per heavy atom. The highest BCUT2D eigenvalue weighted by Crippen LogP contribution is 2.38. The number of phenolic OH excluding ortho intramolecular Hbond substituents is 2. The average molecular weight is 491 g/mol. The van der Waals surface area contributed by atoms with Gasteiger partial charge in [0, 0.05) is 22.0 Å². The molecule has 0 aliphatic carbocycles. The van der Waals surface area contributed by atoms with Crippen LogP contribution in [0.2, 0.25) is 0 Å². The molecule has 0 radical (unpaired) electrons. The third-order valence-corrected chi connectivity index (χ3v) is 7.22. The highest BCUT2D eigenvalue weighted by molar-refractivity contribution is 5.47. The smallest absolute Gasteiger partial charge is 0.124 e. The van der Waals surface area contributed by atoms with Gasteiger partial charge in [0.15, 0.2) is 0 Å². The van der Waals surface area contributed by atoms with E-state index in [0.29, 0.717) is 11.5 Å². The number of nitrogens with zero attached hydrogens (tertiary/aromatic N) is 2. The van der Waals surface area contributed by atoms with E-state index in [1.807, 2.05) is 24.3 Å². The van der Waals surface area contributed by atoms with Crippen LogP contribution in [0, 0.1) is 0 Å². The fourth-order valence-corrected chi connectivity index (χ4v) is 4.86. The van der Waals surface area contributed by atoms with Gasteiger partial charge in [-0.1, -0.05) is 64.1 Å². The summed E-state index contributed by atoms with van der Waals surface area (Å²) in [5.41, 5.74) is 6.41. The Balaban J connectivity index is 1.93. The molecule has 36 heavy (non-hydrogen) atoms. The summed E-state index contributed by atoms with van der Waals surface area (Å²) in [5.74, 6) is 0.719. The molecular formula is C32H46N2O2+2. The van der Waals surface area contributed by atoms with E-state index in [1.165, 1.54) is 22.3 Å². The van der Waals surface area contributed by atoms with Crippen molar-refractivity contribution < 1.29 is 19.2 Å². The van der Waals surface area contributed by atoms with E-state index in [9.17, 15) is 10.2 Å². The molecule has 4 heteroatoms. The van der Waals surface area contributed by atoms with Crippen LogP contribution < -0.4 is 0 Å². The van der Waals surface area contributed by atoms with Crippen LogP contribution in [0.5, 0.6) is 11.5 Å². The molecule has 0 atom stereocenters. The maximum absolute atomic E-state index is 10.4. The van der Waals surface area contributed by atoms with Crippen LogP contribution in [-0.2, 0) is 23.9 Å². The Bertz CT molecular complexity index is 1110. The zero-order valence-electron chi connectivity index (χ0n) is 24.0. The van der Waals surface area contributed by atoms with Crippen molar-refractivity contribution in [1.29, 1.82) is 0 Å². The minimum absolute atomic E-state index is 0.202. The SMILES string of the molecule is CC(C)(c1ccc(C(C)(C)c2ccc(O)c(C[N+](C)(C)C)c2)cc1)c1ccc(O)c(C[N+](C)(C)C)c1. The molecule has 0 saturated heterocycles. The van der Waals surface area contributed by atoms with Gasteiger partial charge in [-0.15, -0.1) is 0 Å². The second-order valence-corrected chi connectivity index (χ2v) is 13.4. The summed E-state index contributed by atoms with van der Waals surface area (Å²) in [6.45, 7) is 10.5. The normalized spacial score (nSPS) is 13.2. The lowest BCUT2D eigenvalue weighted by Crippen LogP contribution is -2.33. The maximum Gasteiger partial charge on any atom is 0.124 e. The standard InChI is InChI=1S/C32H44N2O2/c1-31(2,27-15-17-29(35)23(19-27)21-33(5,6)7)25-11-13-26(14-12-25)32(3,4)28-16-18-30(36)24(20-28)22-34(8,9)10/h11-20H,21-22H2,1-10H3/p+2. The van der Waals surface area contributed by atoms with E-state index in [4.69, 9.17) is 0 Å². The van der Waals surface area contributed by atoms with Crippen molar-refractivity contribution in [3.8, 4) is 11.5 Å². The number of rotatable bonds is 8. The number of phenols is 2. The van der Waals surface area contributed by atoms with Gasteiger partial charge < -0.3 is 19.2 Å². The molecule has 0 unspecified atom stereocenters. The van der Waals surface area contributed by atoms with E-state index in [-0.39, 0.29) is 10.8 Å². The van der Waals surface area contributed by atoms with E-state index >= 15 is 0 Å². The lowest BCUT2D eigenvalue weighted by atomic mass is 9.74. The molecule has 0 amide bonds. The van der Waals surface area contributed by atoms with Gasteiger partial charge in [0.05, 0.1) is 42.3 Å².